The molecule has 3 rings (SSSR count). The second-order valence-electron chi connectivity index (χ2n) is 6.17. The van der Waals surface area contributed by atoms with E-state index in [1.165, 1.54) is 11.3 Å². The number of benzene rings is 2. The van der Waals surface area contributed by atoms with Gasteiger partial charge in [-0.3, -0.25) is 4.79 Å². The molecule has 0 spiro atoms. The van der Waals surface area contributed by atoms with Crippen molar-refractivity contribution in [2.45, 2.75) is 20.8 Å². The van der Waals surface area contributed by atoms with Crippen LogP contribution in [0.5, 0.6) is 5.75 Å². The minimum Gasteiger partial charge on any atom is -0.497 e. The predicted molar refractivity (Wildman–Crippen MR) is 107 cm³/mol. The summed E-state index contributed by atoms with van der Waals surface area (Å²) in [7, 11) is 1.61. The molecule has 1 heterocycles. The van der Waals surface area contributed by atoms with Crippen molar-refractivity contribution in [2.75, 3.05) is 18.2 Å². The Balaban J connectivity index is 1.90. The van der Waals surface area contributed by atoms with E-state index in [0.29, 0.717) is 15.6 Å². The van der Waals surface area contributed by atoms with Gasteiger partial charge in [0.1, 0.15) is 16.4 Å². The molecule has 0 aliphatic carbocycles. The van der Waals surface area contributed by atoms with Crippen LogP contribution in [0, 0.1) is 20.8 Å². The third-order valence-corrected chi connectivity index (χ3v) is 5.25. The molecule has 0 aliphatic heterocycles. The Morgan fingerprint density at radius 2 is 1.85 bits per heavy atom. The summed E-state index contributed by atoms with van der Waals surface area (Å²) in [6.07, 6.45) is 0. The maximum Gasteiger partial charge on any atom is 0.207 e. The number of hydrogen-bond donors (Lipinski definition) is 2. The highest BCUT2D eigenvalue weighted by molar-refractivity contribution is 7.18. The van der Waals surface area contributed by atoms with Crippen LogP contribution in [0.1, 0.15) is 31.9 Å². The van der Waals surface area contributed by atoms with Crippen molar-refractivity contribution in [3.8, 4) is 5.75 Å². The van der Waals surface area contributed by atoms with Crippen LogP contribution in [0.25, 0.3) is 0 Å². The average Bonchev–Trinajstić information content (AvgIpc) is 2.98. The minimum absolute atomic E-state index is 0.0979. The van der Waals surface area contributed by atoms with Gasteiger partial charge in [-0.05, 0) is 55.7 Å². The zero-order valence-electron chi connectivity index (χ0n) is 15.2. The number of hydrogen-bond acceptors (Lipinski definition) is 6. The number of nitrogens with one attached hydrogen (secondary N) is 1. The number of aromatic nitrogens is 1. The molecule has 0 fully saturated rings. The summed E-state index contributed by atoms with van der Waals surface area (Å²) in [5, 5.41) is 3.75. The average molecular weight is 367 g/mol. The highest BCUT2D eigenvalue weighted by Gasteiger charge is 2.20. The number of carbonyl (C=O) groups excluding carboxylic acids is 1. The topological polar surface area (TPSA) is 77.2 Å². The van der Waals surface area contributed by atoms with Crippen LogP contribution in [0.2, 0.25) is 0 Å². The number of nitrogens with zero attached hydrogens (tertiary/aromatic N) is 1. The summed E-state index contributed by atoms with van der Waals surface area (Å²) in [6, 6.07) is 11.4. The predicted octanol–water partition coefficient (Wildman–Crippen LogP) is 4.63. The largest absolute Gasteiger partial charge is 0.497 e. The maximum absolute atomic E-state index is 13.0. The van der Waals surface area contributed by atoms with Crippen molar-refractivity contribution in [1.82, 2.24) is 4.98 Å². The van der Waals surface area contributed by atoms with Gasteiger partial charge in [-0.25, -0.2) is 4.98 Å². The van der Waals surface area contributed by atoms with Crippen LogP contribution < -0.4 is 15.8 Å². The number of anilines is 3. The Bertz CT molecular complexity index is 979. The number of methoxy groups -OCH3 is 1. The van der Waals surface area contributed by atoms with Gasteiger partial charge >= 0.3 is 0 Å². The van der Waals surface area contributed by atoms with Crippen LogP contribution in [-0.4, -0.2) is 17.9 Å². The molecule has 0 atom stereocenters. The zero-order valence-corrected chi connectivity index (χ0v) is 16.0. The highest BCUT2D eigenvalue weighted by Crippen LogP contribution is 2.31. The monoisotopic (exact) mass is 367 g/mol. The van der Waals surface area contributed by atoms with Gasteiger partial charge in [0, 0.05) is 17.3 Å². The van der Waals surface area contributed by atoms with Crippen molar-refractivity contribution in [2.24, 2.45) is 0 Å². The molecule has 0 saturated heterocycles. The minimum atomic E-state index is -0.0979. The molecule has 0 saturated carbocycles. The Kier molecular flexibility index (Phi) is 4.95. The SMILES string of the molecule is COc1cccc(Nc2nc(N)c(C(=O)c3cc(C)c(C)cc3C)s2)c1. The Hall–Kier alpha value is -2.86. The number of nitrogens with two attached hydrogens (primary N) is 1. The number of ether oxygens (including phenoxy) is 1. The Morgan fingerprint density at radius 3 is 2.58 bits per heavy atom. The standard InChI is InChI=1S/C20H21N3O2S/c1-11-8-13(3)16(9-12(11)2)17(24)18-19(21)23-20(26-18)22-14-6-5-7-15(10-14)25-4/h5-10H,21H2,1-4H3,(H,22,23). The number of nitrogen functional groups attached to an aromatic ring is 1. The lowest BCUT2D eigenvalue weighted by Crippen LogP contribution is -2.05. The van der Waals surface area contributed by atoms with Crippen LogP contribution >= 0.6 is 11.3 Å². The lowest BCUT2D eigenvalue weighted by atomic mass is 9.97. The molecular formula is C20H21N3O2S. The third kappa shape index (κ3) is 3.55. The molecule has 3 aromatic rings. The van der Waals surface area contributed by atoms with Crippen LogP contribution in [0.3, 0.4) is 0 Å². The van der Waals surface area contributed by atoms with Gasteiger partial charge in [0.2, 0.25) is 5.78 Å². The second-order valence-corrected chi connectivity index (χ2v) is 7.17. The molecule has 0 unspecified atom stereocenters. The number of aryl methyl sites for hydroxylation is 3. The van der Waals surface area contributed by atoms with Gasteiger partial charge in [-0.15, -0.1) is 0 Å². The van der Waals surface area contributed by atoms with Crippen molar-refractivity contribution >= 4 is 33.8 Å². The lowest BCUT2D eigenvalue weighted by Gasteiger charge is -2.08. The molecule has 5 nitrogen and oxygen atoms in total. The molecule has 134 valence electrons. The molecular weight excluding hydrogens is 346 g/mol. The van der Waals surface area contributed by atoms with Gasteiger partial charge in [0.15, 0.2) is 5.13 Å². The molecule has 0 amide bonds. The third-order valence-electron chi connectivity index (χ3n) is 4.27. The van der Waals surface area contributed by atoms with Crippen LogP contribution in [0.15, 0.2) is 36.4 Å². The highest BCUT2D eigenvalue weighted by atomic mass is 32.1. The van der Waals surface area contributed by atoms with Gasteiger partial charge in [0.05, 0.1) is 7.11 Å². The van der Waals surface area contributed by atoms with Crippen LogP contribution in [0.4, 0.5) is 16.6 Å². The van der Waals surface area contributed by atoms with Gasteiger partial charge < -0.3 is 15.8 Å². The molecule has 3 N–H and O–H groups in total. The molecule has 26 heavy (non-hydrogen) atoms. The van der Waals surface area contributed by atoms with E-state index in [-0.39, 0.29) is 11.6 Å². The lowest BCUT2D eigenvalue weighted by molar-refractivity contribution is 0.104. The fourth-order valence-electron chi connectivity index (χ4n) is 2.70. The molecule has 0 bridgehead atoms. The fraction of sp³-hybridized carbons (Fsp3) is 0.200. The van der Waals surface area contributed by atoms with Crippen molar-refractivity contribution in [3.05, 3.63) is 63.5 Å². The number of rotatable bonds is 5. The first-order valence-electron chi connectivity index (χ1n) is 8.19. The zero-order chi connectivity index (χ0) is 18.8. The summed E-state index contributed by atoms with van der Waals surface area (Å²) in [5.74, 6) is 0.879. The van der Waals surface area contributed by atoms with E-state index in [2.05, 4.69) is 10.3 Å². The quantitative estimate of drug-likeness (QED) is 0.643. The first kappa shape index (κ1) is 17.9. The van der Waals surface area contributed by atoms with Crippen molar-refractivity contribution in [3.63, 3.8) is 0 Å². The Labute approximate surface area is 156 Å². The number of thiazole rings is 1. The first-order valence-corrected chi connectivity index (χ1v) is 9.00. The van der Waals surface area contributed by atoms with E-state index >= 15 is 0 Å². The van der Waals surface area contributed by atoms with Gasteiger partial charge in [-0.1, -0.05) is 23.5 Å². The Morgan fingerprint density at radius 1 is 1.12 bits per heavy atom. The van der Waals surface area contributed by atoms with Crippen molar-refractivity contribution in [1.29, 1.82) is 0 Å². The summed E-state index contributed by atoms with van der Waals surface area (Å²) in [5.41, 5.74) is 10.7. The van der Waals surface area contributed by atoms with E-state index < -0.39 is 0 Å². The molecule has 2 aromatic carbocycles. The fourth-order valence-corrected chi connectivity index (χ4v) is 3.56. The summed E-state index contributed by atoms with van der Waals surface area (Å²) in [4.78, 5) is 17.7. The molecule has 6 heteroatoms. The summed E-state index contributed by atoms with van der Waals surface area (Å²) < 4.78 is 5.22. The normalized spacial score (nSPS) is 10.6. The van der Waals surface area contributed by atoms with E-state index in [0.717, 1.165) is 28.1 Å². The van der Waals surface area contributed by atoms with Gasteiger partial charge in [-0.2, -0.15) is 0 Å². The maximum atomic E-state index is 13.0. The van der Waals surface area contributed by atoms with E-state index in [1.807, 2.05) is 57.2 Å². The van der Waals surface area contributed by atoms with E-state index in [1.54, 1.807) is 7.11 Å². The second kappa shape index (κ2) is 7.17. The summed E-state index contributed by atoms with van der Waals surface area (Å²) >= 11 is 1.25. The molecule has 1 aromatic heterocycles. The van der Waals surface area contributed by atoms with Crippen molar-refractivity contribution < 1.29 is 9.53 Å². The van der Waals surface area contributed by atoms with Crippen LogP contribution in [-0.2, 0) is 0 Å². The smallest absolute Gasteiger partial charge is 0.207 e. The molecule has 0 aliphatic rings. The van der Waals surface area contributed by atoms with E-state index in [4.69, 9.17) is 10.5 Å². The van der Waals surface area contributed by atoms with Gasteiger partial charge in [0.25, 0.3) is 0 Å². The van der Waals surface area contributed by atoms with E-state index in [9.17, 15) is 4.79 Å². The molecule has 0 radical (unpaired) electrons. The first-order chi connectivity index (χ1) is 12.4. The number of carbonyl (C=O) groups is 1. The summed E-state index contributed by atoms with van der Waals surface area (Å²) in [6.45, 7) is 5.97. The number of ketones is 1.